The second kappa shape index (κ2) is 8.37. The molecule has 2 rings (SSSR count). The van der Waals surface area contributed by atoms with Gasteiger partial charge in [0.15, 0.2) is 0 Å². The molecule has 27 heavy (non-hydrogen) atoms. The lowest BCUT2D eigenvalue weighted by Crippen LogP contribution is -2.37. The van der Waals surface area contributed by atoms with Crippen molar-refractivity contribution in [3.8, 4) is 5.69 Å². The van der Waals surface area contributed by atoms with Crippen molar-refractivity contribution in [2.45, 2.75) is 53.4 Å². The molecule has 0 saturated heterocycles. The maximum atomic E-state index is 12.6. The molecular formula is C21H30N4O2. The van der Waals surface area contributed by atoms with Gasteiger partial charge in [-0.15, -0.1) is 0 Å². The highest BCUT2D eigenvalue weighted by Crippen LogP contribution is 2.26. The first-order valence-corrected chi connectivity index (χ1v) is 9.41. The van der Waals surface area contributed by atoms with Crippen LogP contribution in [0.2, 0.25) is 0 Å². The van der Waals surface area contributed by atoms with Crippen LogP contribution in [0, 0.1) is 6.92 Å². The van der Waals surface area contributed by atoms with E-state index in [0.717, 1.165) is 16.9 Å². The number of hydrogen-bond acceptors (Lipinski definition) is 3. The molecule has 2 amide bonds. The van der Waals surface area contributed by atoms with Crippen molar-refractivity contribution in [2.75, 3.05) is 18.4 Å². The molecule has 6 heteroatoms. The van der Waals surface area contributed by atoms with E-state index in [4.69, 9.17) is 5.10 Å². The van der Waals surface area contributed by atoms with Crippen LogP contribution in [0.1, 0.15) is 52.3 Å². The normalized spacial score (nSPS) is 11.3. The summed E-state index contributed by atoms with van der Waals surface area (Å²) in [7, 11) is 0. The summed E-state index contributed by atoms with van der Waals surface area (Å²) in [5.41, 5.74) is 2.74. The van der Waals surface area contributed by atoms with Crippen LogP contribution in [0.25, 0.3) is 5.69 Å². The molecule has 1 aromatic heterocycles. The van der Waals surface area contributed by atoms with Crippen molar-refractivity contribution in [3.63, 3.8) is 0 Å². The second-order valence-corrected chi connectivity index (χ2v) is 7.73. The summed E-state index contributed by atoms with van der Waals surface area (Å²) < 4.78 is 1.75. The average molecular weight is 370 g/mol. The van der Waals surface area contributed by atoms with Crippen molar-refractivity contribution >= 4 is 17.6 Å². The summed E-state index contributed by atoms with van der Waals surface area (Å²) in [6.07, 6.45) is 0.385. The number of anilines is 1. The Balaban J connectivity index is 2.33. The number of rotatable bonds is 6. The van der Waals surface area contributed by atoms with Crippen molar-refractivity contribution in [1.82, 2.24) is 14.7 Å². The third-order valence-corrected chi connectivity index (χ3v) is 4.36. The Hall–Kier alpha value is -2.63. The molecule has 0 aliphatic heterocycles. The van der Waals surface area contributed by atoms with E-state index >= 15 is 0 Å². The molecule has 0 aliphatic carbocycles. The average Bonchev–Trinajstić information content (AvgIpc) is 3.03. The van der Waals surface area contributed by atoms with Crippen molar-refractivity contribution < 1.29 is 9.59 Å². The maximum absolute atomic E-state index is 12.6. The first-order chi connectivity index (χ1) is 12.7. The monoisotopic (exact) mass is 370 g/mol. The molecule has 0 fully saturated rings. The third-order valence-electron chi connectivity index (χ3n) is 4.36. The number of aromatic nitrogens is 2. The Bertz CT molecular complexity index is 818. The standard InChI is InChI=1S/C21H30N4O2/c1-7-20(27)24(8-2)14-19(26)22-18-13-17(21(4,5)6)23-25(18)16-11-9-10-15(3)12-16/h9-13H,7-8,14H2,1-6H3,(H,22,26). The largest absolute Gasteiger partial charge is 0.334 e. The Morgan fingerprint density at radius 2 is 1.89 bits per heavy atom. The quantitative estimate of drug-likeness (QED) is 0.843. The van der Waals surface area contributed by atoms with Gasteiger partial charge in [-0.05, 0) is 31.5 Å². The van der Waals surface area contributed by atoms with Gasteiger partial charge in [0.1, 0.15) is 5.82 Å². The molecule has 0 saturated carbocycles. The van der Waals surface area contributed by atoms with Crippen LogP contribution in [0.4, 0.5) is 5.82 Å². The highest BCUT2D eigenvalue weighted by Gasteiger charge is 2.22. The molecule has 0 unspecified atom stereocenters. The molecule has 1 aromatic carbocycles. The van der Waals surface area contributed by atoms with Gasteiger partial charge < -0.3 is 10.2 Å². The fourth-order valence-corrected chi connectivity index (χ4v) is 2.75. The summed E-state index contributed by atoms with van der Waals surface area (Å²) >= 11 is 0. The Morgan fingerprint density at radius 3 is 2.44 bits per heavy atom. The molecule has 146 valence electrons. The van der Waals surface area contributed by atoms with Crippen molar-refractivity contribution in [2.24, 2.45) is 0 Å². The Kier molecular flexibility index (Phi) is 6.41. The lowest BCUT2D eigenvalue weighted by molar-refractivity contribution is -0.134. The first kappa shape index (κ1) is 20.7. The van der Waals surface area contributed by atoms with Crippen LogP contribution < -0.4 is 5.32 Å². The smallest absolute Gasteiger partial charge is 0.245 e. The van der Waals surface area contributed by atoms with E-state index in [0.29, 0.717) is 18.8 Å². The Morgan fingerprint density at radius 1 is 1.19 bits per heavy atom. The van der Waals surface area contributed by atoms with Crippen LogP contribution >= 0.6 is 0 Å². The third kappa shape index (κ3) is 5.18. The van der Waals surface area contributed by atoms with Gasteiger partial charge in [0, 0.05) is 24.4 Å². The number of likely N-dealkylation sites (N-methyl/N-ethyl adjacent to an activating group) is 1. The fourth-order valence-electron chi connectivity index (χ4n) is 2.75. The summed E-state index contributed by atoms with van der Waals surface area (Å²) in [6.45, 7) is 12.5. The van der Waals surface area contributed by atoms with Crippen LogP contribution in [0.3, 0.4) is 0 Å². The molecule has 0 bridgehead atoms. The minimum Gasteiger partial charge on any atom is -0.334 e. The van der Waals surface area contributed by atoms with Gasteiger partial charge in [-0.25, -0.2) is 4.68 Å². The first-order valence-electron chi connectivity index (χ1n) is 9.41. The molecule has 1 heterocycles. The van der Waals surface area contributed by atoms with Crippen molar-refractivity contribution in [1.29, 1.82) is 0 Å². The molecule has 1 N–H and O–H groups in total. The highest BCUT2D eigenvalue weighted by atomic mass is 16.2. The van der Waals surface area contributed by atoms with Crippen LogP contribution in [-0.4, -0.2) is 39.6 Å². The van der Waals surface area contributed by atoms with E-state index in [1.807, 2.05) is 44.2 Å². The van der Waals surface area contributed by atoms with E-state index in [9.17, 15) is 9.59 Å². The number of amides is 2. The van der Waals surface area contributed by atoms with E-state index in [-0.39, 0.29) is 23.8 Å². The molecule has 0 atom stereocenters. The SMILES string of the molecule is CCC(=O)N(CC)CC(=O)Nc1cc(C(C)(C)C)nn1-c1cccc(C)c1. The van der Waals surface area contributed by atoms with Crippen LogP contribution in [-0.2, 0) is 15.0 Å². The number of nitrogens with zero attached hydrogens (tertiary/aromatic N) is 3. The Labute approximate surface area is 161 Å². The molecule has 0 radical (unpaired) electrons. The molecular weight excluding hydrogens is 340 g/mol. The summed E-state index contributed by atoms with van der Waals surface area (Å²) in [6, 6.07) is 9.87. The summed E-state index contributed by atoms with van der Waals surface area (Å²) in [5.74, 6) is 0.346. The summed E-state index contributed by atoms with van der Waals surface area (Å²) in [5, 5.41) is 7.65. The topological polar surface area (TPSA) is 67.2 Å². The van der Waals surface area contributed by atoms with Gasteiger partial charge in [0.25, 0.3) is 0 Å². The van der Waals surface area contributed by atoms with Crippen LogP contribution in [0.15, 0.2) is 30.3 Å². The minimum atomic E-state index is -0.229. The number of carbonyl (C=O) groups is 2. The molecule has 6 nitrogen and oxygen atoms in total. The van der Waals surface area contributed by atoms with Gasteiger partial charge >= 0.3 is 0 Å². The number of hydrogen-bond donors (Lipinski definition) is 1. The molecule has 2 aromatic rings. The van der Waals surface area contributed by atoms with E-state index in [1.165, 1.54) is 0 Å². The van der Waals surface area contributed by atoms with E-state index in [1.54, 1.807) is 16.5 Å². The zero-order valence-corrected chi connectivity index (χ0v) is 17.2. The number of benzene rings is 1. The zero-order valence-electron chi connectivity index (χ0n) is 17.2. The van der Waals surface area contributed by atoms with Gasteiger partial charge in [-0.1, -0.05) is 39.8 Å². The van der Waals surface area contributed by atoms with Gasteiger partial charge in [0.2, 0.25) is 11.8 Å². The second-order valence-electron chi connectivity index (χ2n) is 7.73. The van der Waals surface area contributed by atoms with E-state index < -0.39 is 0 Å². The number of aryl methyl sites for hydroxylation is 1. The molecule has 0 spiro atoms. The lowest BCUT2D eigenvalue weighted by Gasteiger charge is -2.19. The van der Waals surface area contributed by atoms with Crippen LogP contribution in [0.5, 0.6) is 0 Å². The lowest BCUT2D eigenvalue weighted by atomic mass is 9.92. The zero-order chi connectivity index (χ0) is 20.2. The summed E-state index contributed by atoms with van der Waals surface area (Å²) in [4.78, 5) is 26.0. The molecule has 0 aliphatic rings. The van der Waals surface area contributed by atoms with E-state index in [2.05, 4.69) is 26.1 Å². The predicted octanol–water partition coefficient (Wildman–Crippen LogP) is 3.68. The minimum absolute atomic E-state index is 0.0322. The predicted molar refractivity (Wildman–Crippen MR) is 108 cm³/mol. The highest BCUT2D eigenvalue weighted by molar-refractivity contribution is 5.94. The number of carbonyl (C=O) groups excluding carboxylic acids is 2. The number of nitrogens with one attached hydrogen (secondary N) is 1. The van der Waals surface area contributed by atoms with Crippen molar-refractivity contribution in [3.05, 3.63) is 41.6 Å². The van der Waals surface area contributed by atoms with Gasteiger partial charge in [0.05, 0.1) is 17.9 Å². The fraction of sp³-hybridized carbons (Fsp3) is 0.476. The maximum Gasteiger partial charge on any atom is 0.245 e. The van der Waals surface area contributed by atoms with Gasteiger partial charge in [-0.3, -0.25) is 9.59 Å². The van der Waals surface area contributed by atoms with Gasteiger partial charge in [-0.2, -0.15) is 5.10 Å².